The van der Waals surface area contributed by atoms with Crippen molar-refractivity contribution in [1.82, 2.24) is 9.88 Å². The number of fused-ring (bicyclic) bond motifs is 1. The molecular weight excluding hydrogens is 355 g/mol. The molecule has 1 amide bonds. The minimum atomic E-state index is -0.921. The molecule has 0 saturated carbocycles. The first-order valence-electron chi connectivity index (χ1n) is 6.81. The fourth-order valence-corrected chi connectivity index (χ4v) is 3.18. The number of benzene rings is 1. The number of carboxylic acid groups (broad SMARTS) is 1. The van der Waals surface area contributed by atoms with E-state index in [1.165, 1.54) is 17.0 Å². The Balaban J connectivity index is 1.90. The summed E-state index contributed by atoms with van der Waals surface area (Å²) in [7, 11) is 0. The van der Waals surface area contributed by atoms with E-state index >= 15 is 0 Å². The molecule has 2 aromatic rings. The second-order valence-corrected chi connectivity index (χ2v) is 6.79. The number of carbonyl (C=O) groups is 2. The maximum absolute atomic E-state index is 13.9. The van der Waals surface area contributed by atoms with E-state index in [4.69, 9.17) is 0 Å². The number of aromatic nitrogens is 1. The lowest BCUT2D eigenvalue weighted by molar-refractivity contribution is -0.147. The average molecular weight is 369 g/mol. The van der Waals surface area contributed by atoms with Crippen LogP contribution in [-0.2, 0) is 4.79 Å². The predicted molar refractivity (Wildman–Crippen MR) is 82.2 cm³/mol. The highest BCUT2D eigenvalue weighted by atomic mass is 79.9. The largest absolute Gasteiger partial charge is 0.481 e. The fourth-order valence-electron chi connectivity index (χ4n) is 2.75. The van der Waals surface area contributed by atoms with Crippen LogP contribution >= 0.6 is 15.9 Å². The minimum absolute atomic E-state index is 0.155. The van der Waals surface area contributed by atoms with Crippen LogP contribution < -0.4 is 0 Å². The maximum Gasteiger partial charge on any atom is 0.311 e. The second-order valence-electron chi connectivity index (χ2n) is 5.87. The molecule has 0 spiro atoms. The average Bonchev–Trinajstić information content (AvgIpc) is 3.03. The van der Waals surface area contributed by atoms with Crippen molar-refractivity contribution in [2.45, 2.75) is 13.3 Å². The lowest BCUT2D eigenvalue weighted by atomic mass is 9.90. The van der Waals surface area contributed by atoms with Gasteiger partial charge in [-0.05, 0) is 31.5 Å². The molecular formula is C15H14BrFN2O3. The zero-order valence-electron chi connectivity index (χ0n) is 11.8. The first-order valence-corrected chi connectivity index (χ1v) is 7.60. The van der Waals surface area contributed by atoms with E-state index in [0.29, 0.717) is 28.3 Å². The van der Waals surface area contributed by atoms with Crippen molar-refractivity contribution in [3.8, 4) is 0 Å². The molecule has 1 fully saturated rings. The van der Waals surface area contributed by atoms with E-state index in [1.807, 2.05) is 0 Å². The van der Waals surface area contributed by atoms with Crippen molar-refractivity contribution in [2.24, 2.45) is 5.41 Å². The van der Waals surface area contributed by atoms with Crippen LogP contribution in [0, 0.1) is 11.2 Å². The Hall–Kier alpha value is -1.89. The van der Waals surface area contributed by atoms with Gasteiger partial charge in [-0.2, -0.15) is 0 Å². The lowest BCUT2D eigenvalue weighted by Crippen LogP contribution is -2.35. The van der Waals surface area contributed by atoms with Crippen molar-refractivity contribution >= 4 is 38.7 Å². The summed E-state index contributed by atoms with van der Waals surface area (Å²) in [5, 5.41) is 9.56. The van der Waals surface area contributed by atoms with Gasteiger partial charge in [0.25, 0.3) is 5.91 Å². The van der Waals surface area contributed by atoms with E-state index in [1.54, 1.807) is 13.0 Å². The molecule has 2 heterocycles. The van der Waals surface area contributed by atoms with Crippen LogP contribution in [0.15, 0.2) is 22.7 Å². The SMILES string of the molecule is C[C@@]1(C(=O)O)CCN(C(=O)c2cc3c(F)cc(Br)cc3[nH]2)C1. The van der Waals surface area contributed by atoms with Gasteiger partial charge in [0.05, 0.1) is 10.9 Å². The summed E-state index contributed by atoms with van der Waals surface area (Å²) in [6.07, 6.45) is 0.411. The number of aromatic amines is 1. The Morgan fingerprint density at radius 2 is 2.14 bits per heavy atom. The van der Waals surface area contributed by atoms with Gasteiger partial charge in [-0.1, -0.05) is 15.9 Å². The van der Waals surface area contributed by atoms with Gasteiger partial charge in [-0.25, -0.2) is 4.39 Å². The summed E-state index contributed by atoms with van der Waals surface area (Å²) < 4.78 is 14.5. The van der Waals surface area contributed by atoms with E-state index in [2.05, 4.69) is 20.9 Å². The van der Waals surface area contributed by atoms with E-state index in [0.717, 1.165) is 0 Å². The summed E-state index contributed by atoms with van der Waals surface area (Å²) in [6.45, 7) is 2.16. The first kappa shape index (κ1) is 15.0. The highest BCUT2D eigenvalue weighted by molar-refractivity contribution is 9.10. The molecule has 1 aromatic heterocycles. The van der Waals surface area contributed by atoms with E-state index in [-0.39, 0.29) is 18.1 Å². The van der Waals surface area contributed by atoms with Crippen LogP contribution in [0.5, 0.6) is 0 Å². The quantitative estimate of drug-likeness (QED) is 0.855. The molecule has 1 saturated heterocycles. The smallest absolute Gasteiger partial charge is 0.311 e. The number of nitrogens with one attached hydrogen (secondary N) is 1. The number of amides is 1. The van der Waals surface area contributed by atoms with Gasteiger partial charge < -0.3 is 15.0 Å². The van der Waals surface area contributed by atoms with Crippen LogP contribution in [0.1, 0.15) is 23.8 Å². The summed E-state index contributed by atoms with van der Waals surface area (Å²) in [5.74, 6) is -1.64. The maximum atomic E-state index is 13.9. The van der Waals surface area contributed by atoms with Gasteiger partial charge in [-0.3, -0.25) is 9.59 Å². The lowest BCUT2D eigenvalue weighted by Gasteiger charge is -2.19. The minimum Gasteiger partial charge on any atom is -0.481 e. The second kappa shape index (κ2) is 5.08. The predicted octanol–water partition coefficient (Wildman–Crippen LogP) is 3.01. The molecule has 5 nitrogen and oxygen atoms in total. The molecule has 2 N–H and O–H groups in total. The summed E-state index contributed by atoms with van der Waals surface area (Å²) >= 11 is 3.21. The van der Waals surface area contributed by atoms with Crippen LogP contribution in [0.4, 0.5) is 4.39 Å². The molecule has 0 unspecified atom stereocenters. The van der Waals surface area contributed by atoms with Gasteiger partial charge in [0.2, 0.25) is 0 Å². The molecule has 0 bridgehead atoms. The van der Waals surface area contributed by atoms with Gasteiger partial charge in [-0.15, -0.1) is 0 Å². The normalized spacial score (nSPS) is 21.5. The van der Waals surface area contributed by atoms with E-state index in [9.17, 15) is 19.1 Å². The number of hydrogen-bond donors (Lipinski definition) is 2. The monoisotopic (exact) mass is 368 g/mol. The summed E-state index contributed by atoms with van der Waals surface area (Å²) in [6, 6.07) is 4.50. The number of halogens is 2. The Morgan fingerprint density at radius 3 is 2.77 bits per heavy atom. The van der Waals surface area contributed by atoms with E-state index < -0.39 is 17.2 Å². The molecule has 7 heteroatoms. The van der Waals surface area contributed by atoms with Crippen molar-refractivity contribution < 1.29 is 19.1 Å². The van der Waals surface area contributed by atoms with Gasteiger partial charge in [0.1, 0.15) is 11.5 Å². The molecule has 1 aromatic carbocycles. The number of H-pyrrole nitrogens is 1. The summed E-state index contributed by atoms with van der Waals surface area (Å²) in [4.78, 5) is 28.1. The zero-order chi connectivity index (χ0) is 16.1. The molecule has 116 valence electrons. The number of aliphatic carboxylic acids is 1. The number of nitrogens with zero attached hydrogens (tertiary/aromatic N) is 1. The van der Waals surface area contributed by atoms with Crippen molar-refractivity contribution in [3.63, 3.8) is 0 Å². The van der Waals surface area contributed by atoms with Crippen molar-refractivity contribution in [2.75, 3.05) is 13.1 Å². The third-order valence-corrected chi connectivity index (χ3v) is 4.62. The molecule has 0 aliphatic carbocycles. The Kier molecular flexibility index (Phi) is 3.47. The Morgan fingerprint density at radius 1 is 1.41 bits per heavy atom. The standard InChI is InChI=1S/C15H14BrFN2O3/c1-15(14(21)22)2-3-19(7-15)13(20)12-6-9-10(17)4-8(16)5-11(9)18-12/h4-6,18H,2-3,7H2,1H3,(H,21,22)/t15-/m1/s1. The molecule has 1 atom stereocenters. The number of likely N-dealkylation sites (tertiary alicyclic amines) is 1. The zero-order valence-corrected chi connectivity index (χ0v) is 13.4. The van der Waals surface area contributed by atoms with Crippen LogP contribution in [0.2, 0.25) is 0 Å². The topological polar surface area (TPSA) is 73.4 Å². The fraction of sp³-hybridized carbons (Fsp3) is 0.333. The Labute approximate surface area is 134 Å². The number of hydrogen-bond acceptors (Lipinski definition) is 2. The molecule has 1 aliphatic heterocycles. The number of carboxylic acids is 1. The first-order chi connectivity index (χ1) is 10.3. The highest BCUT2D eigenvalue weighted by Gasteiger charge is 2.42. The highest BCUT2D eigenvalue weighted by Crippen LogP contribution is 2.31. The van der Waals surface area contributed by atoms with Gasteiger partial charge >= 0.3 is 5.97 Å². The third kappa shape index (κ3) is 2.39. The third-order valence-electron chi connectivity index (χ3n) is 4.16. The van der Waals surface area contributed by atoms with Gasteiger partial charge in [0, 0.05) is 22.9 Å². The van der Waals surface area contributed by atoms with Crippen molar-refractivity contribution in [3.05, 3.63) is 34.2 Å². The molecule has 3 rings (SSSR count). The van der Waals surface area contributed by atoms with Crippen molar-refractivity contribution in [1.29, 1.82) is 0 Å². The van der Waals surface area contributed by atoms with Crippen LogP contribution in [0.3, 0.4) is 0 Å². The van der Waals surface area contributed by atoms with Gasteiger partial charge in [0.15, 0.2) is 0 Å². The number of carbonyl (C=O) groups excluding carboxylic acids is 1. The number of rotatable bonds is 2. The summed E-state index contributed by atoms with van der Waals surface area (Å²) in [5.41, 5.74) is -0.132. The Bertz CT molecular complexity index is 788. The molecule has 22 heavy (non-hydrogen) atoms. The van der Waals surface area contributed by atoms with Crippen LogP contribution in [-0.4, -0.2) is 40.0 Å². The molecule has 1 aliphatic rings. The van der Waals surface area contributed by atoms with Crippen LogP contribution in [0.25, 0.3) is 10.9 Å². The molecule has 0 radical (unpaired) electrons.